The summed E-state index contributed by atoms with van der Waals surface area (Å²) in [5.41, 5.74) is 0. The van der Waals surface area contributed by atoms with Crippen molar-refractivity contribution in [3.8, 4) is 0 Å². The second kappa shape index (κ2) is 5.79. The van der Waals surface area contributed by atoms with E-state index in [0.29, 0.717) is 0 Å². The summed E-state index contributed by atoms with van der Waals surface area (Å²) in [5, 5.41) is 8.90. The van der Waals surface area contributed by atoms with E-state index in [2.05, 4.69) is 4.72 Å². The molecule has 1 unspecified atom stereocenters. The van der Waals surface area contributed by atoms with Gasteiger partial charge in [0.15, 0.2) is 0 Å². The molecule has 1 rings (SSSR count). The van der Waals surface area contributed by atoms with Gasteiger partial charge in [-0.25, -0.2) is 13.1 Å². The molecule has 0 aromatic carbocycles. The first-order chi connectivity index (χ1) is 7.82. The smallest absolute Gasteiger partial charge is 0.322 e. The highest BCUT2D eigenvalue weighted by Gasteiger charge is 2.38. The molecule has 2 N–H and O–H groups in total. The number of carbonyl (C=O) groups is 1. The van der Waals surface area contributed by atoms with Gasteiger partial charge in [0.1, 0.15) is 6.04 Å². The molecule has 0 aromatic heterocycles. The summed E-state index contributed by atoms with van der Waals surface area (Å²) in [4.78, 5) is 10.9. The van der Waals surface area contributed by atoms with Crippen LogP contribution < -0.4 is 4.72 Å². The van der Waals surface area contributed by atoms with Crippen LogP contribution in [0.25, 0.3) is 0 Å². The topological polar surface area (TPSA) is 92.7 Å². The van der Waals surface area contributed by atoms with Crippen LogP contribution in [-0.2, 0) is 19.6 Å². The zero-order valence-electron chi connectivity index (χ0n) is 10.0. The van der Waals surface area contributed by atoms with Gasteiger partial charge in [0.2, 0.25) is 10.0 Å². The first kappa shape index (κ1) is 14.4. The molecule has 100 valence electrons. The lowest BCUT2D eigenvalue weighted by molar-refractivity contribution is -0.139. The van der Waals surface area contributed by atoms with Crippen molar-refractivity contribution < 1.29 is 23.1 Å². The quantitative estimate of drug-likeness (QED) is 0.653. The third-order valence-electron chi connectivity index (χ3n) is 2.47. The standard InChI is InChI=1S/C10H19NO5S/c1-7(2)16-5-6-17(14,15)11-9(10(12)13)8-3-4-8/h7-9,11H,3-6H2,1-2H3,(H,12,13). The maximum Gasteiger partial charge on any atom is 0.322 e. The zero-order chi connectivity index (χ0) is 13.1. The van der Waals surface area contributed by atoms with Crippen molar-refractivity contribution in [3.05, 3.63) is 0 Å². The molecule has 1 aliphatic carbocycles. The Kier molecular flexibility index (Phi) is 4.91. The maximum absolute atomic E-state index is 11.6. The van der Waals surface area contributed by atoms with Crippen molar-refractivity contribution in [2.24, 2.45) is 5.92 Å². The van der Waals surface area contributed by atoms with E-state index in [0.717, 1.165) is 12.8 Å². The average Bonchev–Trinajstić information content (AvgIpc) is 2.96. The Morgan fingerprint density at radius 3 is 2.47 bits per heavy atom. The predicted molar refractivity (Wildman–Crippen MR) is 62.2 cm³/mol. The number of sulfonamides is 1. The molecule has 0 aromatic rings. The van der Waals surface area contributed by atoms with Gasteiger partial charge in [-0.2, -0.15) is 0 Å². The lowest BCUT2D eigenvalue weighted by Gasteiger charge is -2.14. The van der Waals surface area contributed by atoms with Gasteiger partial charge < -0.3 is 9.84 Å². The summed E-state index contributed by atoms with van der Waals surface area (Å²) in [6.07, 6.45) is 1.49. The molecule has 6 nitrogen and oxygen atoms in total. The van der Waals surface area contributed by atoms with Crippen LogP contribution in [0, 0.1) is 5.92 Å². The molecule has 0 bridgehead atoms. The van der Waals surface area contributed by atoms with E-state index in [1.807, 2.05) is 13.8 Å². The van der Waals surface area contributed by atoms with Crippen LogP contribution in [0.3, 0.4) is 0 Å². The summed E-state index contributed by atoms with van der Waals surface area (Å²) in [6, 6.07) is -0.987. The second-order valence-electron chi connectivity index (χ2n) is 4.51. The number of hydrogen-bond donors (Lipinski definition) is 2. The predicted octanol–water partition coefficient (Wildman–Crippen LogP) is 0.194. The maximum atomic E-state index is 11.6. The van der Waals surface area contributed by atoms with Crippen LogP contribution in [0.4, 0.5) is 0 Å². The van der Waals surface area contributed by atoms with Gasteiger partial charge in [-0.3, -0.25) is 4.79 Å². The Hall–Kier alpha value is -0.660. The molecule has 17 heavy (non-hydrogen) atoms. The van der Waals surface area contributed by atoms with E-state index in [1.54, 1.807) is 0 Å². The number of hydrogen-bond acceptors (Lipinski definition) is 4. The van der Waals surface area contributed by atoms with E-state index < -0.39 is 22.0 Å². The van der Waals surface area contributed by atoms with Crippen LogP contribution >= 0.6 is 0 Å². The Morgan fingerprint density at radius 1 is 1.47 bits per heavy atom. The minimum absolute atomic E-state index is 0.0381. The molecular weight excluding hydrogens is 246 g/mol. The van der Waals surface area contributed by atoms with Crippen LogP contribution in [-0.4, -0.2) is 44.0 Å². The summed E-state index contributed by atoms with van der Waals surface area (Å²) in [5.74, 6) is -1.38. The number of rotatable bonds is 8. The Bertz CT molecular complexity index is 361. The Morgan fingerprint density at radius 2 is 2.06 bits per heavy atom. The van der Waals surface area contributed by atoms with Gasteiger partial charge in [-0.15, -0.1) is 0 Å². The van der Waals surface area contributed by atoms with Gasteiger partial charge in [0, 0.05) is 0 Å². The van der Waals surface area contributed by atoms with Crippen LogP contribution in [0.15, 0.2) is 0 Å². The lowest BCUT2D eigenvalue weighted by atomic mass is 10.2. The van der Waals surface area contributed by atoms with E-state index in [1.165, 1.54) is 0 Å². The summed E-state index contributed by atoms with van der Waals surface area (Å²) in [7, 11) is -3.58. The molecule has 0 spiro atoms. The van der Waals surface area contributed by atoms with Crippen LogP contribution in [0.1, 0.15) is 26.7 Å². The fraction of sp³-hybridized carbons (Fsp3) is 0.900. The summed E-state index contributed by atoms with van der Waals surface area (Å²) < 4.78 is 30.6. The van der Waals surface area contributed by atoms with Crippen molar-refractivity contribution in [2.75, 3.05) is 12.4 Å². The fourth-order valence-corrected chi connectivity index (χ4v) is 2.54. The molecule has 1 saturated carbocycles. The molecule has 0 radical (unpaired) electrons. The lowest BCUT2D eigenvalue weighted by Crippen LogP contribution is -2.43. The van der Waals surface area contributed by atoms with E-state index in [4.69, 9.17) is 9.84 Å². The number of aliphatic carboxylic acids is 1. The first-order valence-electron chi connectivity index (χ1n) is 5.66. The first-order valence-corrected chi connectivity index (χ1v) is 7.31. The Balaban J connectivity index is 2.44. The van der Waals surface area contributed by atoms with Gasteiger partial charge in [0.05, 0.1) is 18.5 Å². The van der Waals surface area contributed by atoms with E-state index in [-0.39, 0.29) is 24.4 Å². The normalized spacial score (nSPS) is 18.3. The molecule has 0 saturated heterocycles. The van der Waals surface area contributed by atoms with Crippen LogP contribution in [0.2, 0.25) is 0 Å². The minimum Gasteiger partial charge on any atom is -0.480 e. The van der Waals surface area contributed by atoms with Crippen molar-refractivity contribution in [2.45, 2.75) is 38.8 Å². The van der Waals surface area contributed by atoms with Crippen molar-refractivity contribution in [1.82, 2.24) is 4.72 Å². The SMILES string of the molecule is CC(C)OCCS(=O)(=O)NC(C(=O)O)C1CC1. The Labute approximate surface area is 101 Å². The van der Waals surface area contributed by atoms with E-state index >= 15 is 0 Å². The zero-order valence-corrected chi connectivity index (χ0v) is 10.9. The average molecular weight is 265 g/mol. The number of carboxylic acids is 1. The third-order valence-corrected chi connectivity index (χ3v) is 3.79. The summed E-state index contributed by atoms with van der Waals surface area (Å²) >= 11 is 0. The van der Waals surface area contributed by atoms with Crippen molar-refractivity contribution in [3.63, 3.8) is 0 Å². The van der Waals surface area contributed by atoms with Gasteiger partial charge in [-0.1, -0.05) is 0 Å². The van der Waals surface area contributed by atoms with Gasteiger partial charge in [0.25, 0.3) is 0 Å². The minimum atomic E-state index is -3.58. The third kappa shape index (κ3) is 5.47. The number of carboxylic acid groups (broad SMARTS) is 1. The molecule has 1 atom stereocenters. The summed E-state index contributed by atoms with van der Waals surface area (Å²) in [6.45, 7) is 3.69. The van der Waals surface area contributed by atoms with Crippen LogP contribution in [0.5, 0.6) is 0 Å². The van der Waals surface area contributed by atoms with Gasteiger partial charge >= 0.3 is 5.97 Å². The molecule has 0 amide bonds. The highest BCUT2D eigenvalue weighted by Crippen LogP contribution is 2.33. The second-order valence-corrected chi connectivity index (χ2v) is 6.38. The molecule has 1 aliphatic rings. The van der Waals surface area contributed by atoms with Crippen molar-refractivity contribution in [1.29, 1.82) is 0 Å². The fourth-order valence-electron chi connectivity index (χ4n) is 1.42. The largest absolute Gasteiger partial charge is 0.480 e. The highest BCUT2D eigenvalue weighted by atomic mass is 32.2. The van der Waals surface area contributed by atoms with Crippen molar-refractivity contribution >= 4 is 16.0 Å². The molecule has 0 heterocycles. The number of ether oxygens (including phenoxy) is 1. The highest BCUT2D eigenvalue weighted by molar-refractivity contribution is 7.89. The monoisotopic (exact) mass is 265 g/mol. The van der Waals surface area contributed by atoms with Gasteiger partial charge in [-0.05, 0) is 32.6 Å². The van der Waals surface area contributed by atoms with E-state index in [9.17, 15) is 13.2 Å². The number of nitrogens with one attached hydrogen (secondary N) is 1. The molecule has 0 aliphatic heterocycles. The molecule has 1 fully saturated rings. The molecular formula is C10H19NO5S. The molecule has 7 heteroatoms.